The molecule has 19 heavy (non-hydrogen) atoms. The van der Waals surface area contributed by atoms with Crippen molar-refractivity contribution in [3.05, 3.63) is 40.3 Å². The molecule has 0 aromatic heterocycles. The SMILES string of the molecule is CO[C@H](c1ccc(OCCBr)cc1)[C@@H](CF)N=[N+]=[N-]. The van der Waals surface area contributed by atoms with Crippen LogP contribution in [0.2, 0.25) is 0 Å². The van der Waals surface area contributed by atoms with Crippen molar-refractivity contribution in [2.24, 2.45) is 5.11 Å². The van der Waals surface area contributed by atoms with E-state index in [1.807, 2.05) is 0 Å². The molecule has 7 heteroatoms. The average Bonchev–Trinajstić information content (AvgIpc) is 2.46. The van der Waals surface area contributed by atoms with E-state index < -0.39 is 18.8 Å². The molecule has 2 atom stereocenters. The van der Waals surface area contributed by atoms with Crippen LogP contribution in [-0.4, -0.2) is 31.8 Å². The molecule has 0 N–H and O–H groups in total. The molecule has 1 rings (SSSR count). The predicted molar refractivity (Wildman–Crippen MR) is 74.4 cm³/mol. The van der Waals surface area contributed by atoms with Gasteiger partial charge in [0.05, 0.1) is 18.8 Å². The molecule has 1 aromatic rings. The van der Waals surface area contributed by atoms with Gasteiger partial charge < -0.3 is 9.47 Å². The Kier molecular flexibility index (Phi) is 7.25. The number of rotatable bonds is 8. The molecule has 0 unspecified atom stereocenters. The maximum absolute atomic E-state index is 12.8. The molecule has 0 radical (unpaired) electrons. The number of hydrogen-bond donors (Lipinski definition) is 0. The summed E-state index contributed by atoms with van der Waals surface area (Å²) in [5.74, 6) is 0.721. The van der Waals surface area contributed by atoms with Gasteiger partial charge in [-0.3, -0.25) is 4.39 Å². The fourth-order valence-corrected chi connectivity index (χ4v) is 1.83. The fourth-order valence-electron chi connectivity index (χ4n) is 1.66. The van der Waals surface area contributed by atoms with Gasteiger partial charge in [0.15, 0.2) is 0 Å². The molecule has 0 saturated heterocycles. The van der Waals surface area contributed by atoms with E-state index in [0.717, 1.165) is 16.6 Å². The monoisotopic (exact) mass is 331 g/mol. The highest BCUT2D eigenvalue weighted by Gasteiger charge is 2.22. The van der Waals surface area contributed by atoms with Crippen molar-refractivity contribution in [2.75, 3.05) is 25.7 Å². The highest BCUT2D eigenvalue weighted by Crippen LogP contribution is 2.25. The summed E-state index contributed by atoms with van der Waals surface area (Å²) >= 11 is 3.27. The average molecular weight is 332 g/mol. The summed E-state index contributed by atoms with van der Waals surface area (Å²) in [4.78, 5) is 2.63. The number of alkyl halides is 2. The quantitative estimate of drug-likeness (QED) is 0.314. The third kappa shape index (κ3) is 4.70. The summed E-state index contributed by atoms with van der Waals surface area (Å²) in [6.45, 7) is -0.205. The number of methoxy groups -OCH3 is 1. The van der Waals surface area contributed by atoms with Gasteiger partial charge in [-0.1, -0.05) is 33.2 Å². The predicted octanol–water partition coefficient (Wildman–Crippen LogP) is 3.80. The molecular weight excluding hydrogens is 317 g/mol. The largest absolute Gasteiger partial charge is 0.493 e. The first-order valence-electron chi connectivity index (χ1n) is 5.68. The second-order valence-corrected chi connectivity index (χ2v) is 4.48. The lowest BCUT2D eigenvalue weighted by molar-refractivity contribution is 0.0721. The van der Waals surface area contributed by atoms with E-state index in [2.05, 4.69) is 26.0 Å². The van der Waals surface area contributed by atoms with Gasteiger partial charge in [-0.25, -0.2) is 0 Å². The summed E-state index contributed by atoms with van der Waals surface area (Å²) in [5, 5.41) is 4.15. The molecule has 0 aliphatic heterocycles. The first kappa shape index (κ1) is 15.8. The molecule has 0 saturated carbocycles. The molecular formula is C12H15BrFN3O2. The van der Waals surface area contributed by atoms with Crippen molar-refractivity contribution < 1.29 is 13.9 Å². The highest BCUT2D eigenvalue weighted by atomic mass is 79.9. The van der Waals surface area contributed by atoms with E-state index in [1.165, 1.54) is 7.11 Å². The number of hydrogen-bond acceptors (Lipinski definition) is 3. The van der Waals surface area contributed by atoms with Crippen molar-refractivity contribution in [2.45, 2.75) is 12.1 Å². The van der Waals surface area contributed by atoms with Crippen LogP contribution in [0, 0.1) is 0 Å². The molecule has 0 amide bonds. The van der Waals surface area contributed by atoms with Gasteiger partial charge in [0.2, 0.25) is 0 Å². The smallest absolute Gasteiger partial charge is 0.119 e. The zero-order chi connectivity index (χ0) is 14.1. The van der Waals surface area contributed by atoms with Crippen LogP contribution in [0.15, 0.2) is 29.4 Å². The Bertz CT molecular complexity index is 423. The van der Waals surface area contributed by atoms with Gasteiger partial charge in [0, 0.05) is 17.4 Å². The molecule has 0 fully saturated rings. The lowest BCUT2D eigenvalue weighted by atomic mass is 10.0. The number of azide groups is 1. The van der Waals surface area contributed by atoms with Crippen LogP contribution in [0.4, 0.5) is 4.39 Å². The van der Waals surface area contributed by atoms with Crippen LogP contribution in [-0.2, 0) is 4.74 Å². The lowest BCUT2D eigenvalue weighted by Gasteiger charge is -2.20. The highest BCUT2D eigenvalue weighted by molar-refractivity contribution is 9.09. The van der Waals surface area contributed by atoms with Crippen LogP contribution in [0.1, 0.15) is 11.7 Å². The minimum atomic E-state index is -0.871. The normalized spacial score (nSPS) is 13.4. The number of benzene rings is 1. The van der Waals surface area contributed by atoms with Crippen LogP contribution < -0.4 is 4.74 Å². The number of nitrogens with zero attached hydrogens (tertiary/aromatic N) is 3. The zero-order valence-electron chi connectivity index (χ0n) is 10.5. The van der Waals surface area contributed by atoms with E-state index in [-0.39, 0.29) is 0 Å². The van der Waals surface area contributed by atoms with Crippen LogP contribution >= 0.6 is 15.9 Å². The van der Waals surface area contributed by atoms with Gasteiger partial charge in [-0.05, 0) is 23.2 Å². The van der Waals surface area contributed by atoms with E-state index in [1.54, 1.807) is 24.3 Å². The molecule has 0 spiro atoms. The Hall–Kier alpha value is -1.30. The standard InChI is InChI=1S/C12H15BrFN3O2/c1-18-12(11(8-14)16-17-15)9-2-4-10(5-3-9)19-7-6-13/h2-5,11-12H,6-8H2,1H3/t11-,12-/m1/s1. The van der Waals surface area contributed by atoms with Gasteiger partial charge in [-0.2, -0.15) is 0 Å². The van der Waals surface area contributed by atoms with E-state index in [0.29, 0.717) is 6.61 Å². The Morgan fingerprint density at radius 2 is 2.11 bits per heavy atom. The molecule has 1 aromatic carbocycles. The summed E-state index contributed by atoms with van der Waals surface area (Å²) in [6.07, 6.45) is -0.605. The van der Waals surface area contributed by atoms with Crippen molar-refractivity contribution in [1.82, 2.24) is 0 Å². The molecule has 0 bridgehead atoms. The van der Waals surface area contributed by atoms with Crippen molar-refractivity contribution in [3.63, 3.8) is 0 Å². The van der Waals surface area contributed by atoms with E-state index in [4.69, 9.17) is 15.0 Å². The van der Waals surface area contributed by atoms with Gasteiger partial charge in [0.1, 0.15) is 12.4 Å². The third-order valence-electron chi connectivity index (χ3n) is 2.52. The third-order valence-corrected chi connectivity index (χ3v) is 2.84. The minimum absolute atomic E-state index is 0.568. The second kappa shape index (κ2) is 8.74. The summed E-state index contributed by atoms with van der Waals surface area (Å²) in [6, 6.07) is 6.22. The summed E-state index contributed by atoms with van der Waals surface area (Å²) in [5.41, 5.74) is 9.15. The Morgan fingerprint density at radius 1 is 1.42 bits per heavy atom. The maximum atomic E-state index is 12.8. The van der Waals surface area contributed by atoms with Gasteiger partial charge in [0.25, 0.3) is 0 Å². The Morgan fingerprint density at radius 3 is 2.58 bits per heavy atom. The van der Waals surface area contributed by atoms with Gasteiger partial charge in [-0.15, -0.1) is 0 Å². The first-order valence-corrected chi connectivity index (χ1v) is 6.80. The topological polar surface area (TPSA) is 67.2 Å². The summed E-state index contributed by atoms with van der Waals surface area (Å²) < 4.78 is 23.5. The zero-order valence-corrected chi connectivity index (χ0v) is 12.1. The second-order valence-electron chi connectivity index (χ2n) is 3.69. The van der Waals surface area contributed by atoms with E-state index in [9.17, 15) is 4.39 Å². The van der Waals surface area contributed by atoms with Crippen LogP contribution in [0.5, 0.6) is 5.75 Å². The van der Waals surface area contributed by atoms with Crippen molar-refractivity contribution in [1.29, 1.82) is 0 Å². The Labute approximate surface area is 119 Å². The molecule has 104 valence electrons. The van der Waals surface area contributed by atoms with E-state index >= 15 is 0 Å². The lowest BCUT2D eigenvalue weighted by Crippen LogP contribution is -2.20. The van der Waals surface area contributed by atoms with Gasteiger partial charge >= 0.3 is 0 Å². The molecule has 0 aliphatic carbocycles. The first-order chi connectivity index (χ1) is 9.26. The number of halogens is 2. The Balaban J connectivity index is 2.83. The molecule has 0 heterocycles. The number of ether oxygens (including phenoxy) is 2. The molecule has 5 nitrogen and oxygen atoms in total. The van der Waals surface area contributed by atoms with Crippen LogP contribution in [0.25, 0.3) is 10.4 Å². The maximum Gasteiger partial charge on any atom is 0.119 e. The minimum Gasteiger partial charge on any atom is -0.493 e. The van der Waals surface area contributed by atoms with Crippen LogP contribution in [0.3, 0.4) is 0 Å². The fraction of sp³-hybridized carbons (Fsp3) is 0.500. The summed E-state index contributed by atoms with van der Waals surface area (Å²) in [7, 11) is 1.45. The molecule has 0 aliphatic rings. The van der Waals surface area contributed by atoms with Crippen molar-refractivity contribution >= 4 is 15.9 Å². The van der Waals surface area contributed by atoms with Crippen molar-refractivity contribution in [3.8, 4) is 5.75 Å².